The number of hydrogen-bond acceptors (Lipinski definition) is 3. The van der Waals surface area contributed by atoms with Crippen molar-refractivity contribution in [2.45, 2.75) is 20.0 Å². The van der Waals surface area contributed by atoms with Crippen LogP contribution in [0.15, 0.2) is 18.2 Å². The SMILES string of the molecule is CC(C)OCCN(C)c1cc(Cl)ccc1C(=O)O. The van der Waals surface area contributed by atoms with Crippen molar-refractivity contribution in [2.24, 2.45) is 0 Å². The second-order valence-corrected chi connectivity index (χ2v) is 4.74. The molecule has 0 amide bonds. The number of likely N-dealkylation sites (N-methyl/N-ethyl adjacent to an activating group) is 1. The van der Waals surface area contributed by atoms with E-state index in [0.717, 1.165) is 0 Å². The first-order valence-corrected chi connectivity index (χ1v) is 6.15. The number of aromatic carboxylic acids is 1. The van der Waals surface area contributed by atoms with Gasteiger partial charge in [-0.3, -0.25) is 0 Å². The summed E-state index contributed by atoms with van der Waals surface area (Å²) in [4.78, 5) is 12.9. The summed E-state index contributed by atoms with van der Waals surface area (Å²) in [7, 11) is 1.82. The number of benzene rings is 1. The van der Waals surface area contributed by atoms with Crippen molar-refractivity contribution >= 4 is 23.3 Å². The zero-order valence-electron chi connectivity index (χ0n) is 10.8. The standard InChI is InChI=1S/C13H18ClNO3/c1-9(2)18-7-6-15(3)12-8-10(14)4-5-11(12)13(16)17/h4-5,8-9H,6-7H2,1-3H3,(H,16,17). The first-order valence-electron chi connectivity index (χ1n) is 5.77. The summed E-state index contributed by atoms with van der Waals surface area (Å²) in [5.41, 5.74) is 0.841. The van der Waals surface area contributed by atoms with E-state index < -0.39 is 5.97 Å². The zero-order valence-corrected chi connectivity index (χ0v) is 11.6. The van der Waals surface area contributed by atoms with Crippen LogP contribution in [0.4, 0.5) is 5.69 Å². The minimum absolute atomic E-state index is 0.164. The Labute approximate surface area is 112 Å². The maximum absolute atomic E-state index is 11.1. The Kier molecular flexibility index (Phi) is 5.44. The number of anilines is 1. The lowest BCUT2D eigenvalue weighted by Crippen LogP contribution is -2.25. The highest BCUT2D eigenvalue weighted by Crippen LogP contribution is 2.24. The quantitative estimate of drug-likeness (QED) is 0.864. The molecule has 0 bridgehead atoms. The van der Waals surface area contributed by atoms with Gasteiger partial charge in [-0.25, -0.2) is 4.79 Å². The van der Waals surface area contributed by atoms with Gasteiger partial charge in [-0.1, -0.05) is 11.6 Å². The van der Waals surface area contributed by atoms with Crippen LogP contribution in [0.25, 0.3) is 0 Å². The molecule has 0 saturated heterocycles. The van der Waals surface area contributed by atoms with Crippen LogP contribution >= 0.6 is 11.6 Å². The summed E-state index contributed by atoms with van der Waals surface area (Å²) >= 11 is 5.90. The number of rotatable bonds is 6. The van der Waals surface area contributed by atoms with E-state index >= 15 is 0 Å². The number of nitrogens with zero attached hydrogens (tertiary/aromatic N) is 1. The van der Waals surface area contributed by atoms with Crippen LogP contribution in [0.2, 0.25) is 5.02 Å². The van der Waals surface area contributed by atoms with E-state index in [9.17, 15) is 4.79 Å². The fourth-order valence-electron chi connectivity index (χ4n) is 1.55. The lowest BCUT2D eigenvalue weighted by Gasteiger charge is -2.22. The molecule has 1 aromatic rings. The third kappa shape index (κ3) is 4.20. The molecule has 0 saturated carbocycles. The first kappa shape index (κ1) is 14.8. The molecule has 0 heterocycles. The Bertz CT molecular complexity index is 421. The topological polar surface area (TPSA) is 49.8 Å². The number of halogens is 1. The van der Waals surface area contributed by atoms with Crippen molar-refractivity contribution in [1.29, 1.82) is 0 Å². The number of ether oxygens (including phenoxy) is 1. The van der Waals surface area contributed by atoms with Crippen molar-refractivity contribution in [3.8, 4) is 0 Å². The van der Waals surface area contributed by atoms with E-state index in [-0.39, 0.29) is 11.7 Å². The monoisotopic (exact) mass is 271 g/mol. The van der Waals surface area contributed by atoms with E-state index in [0.29, 0.717) is 23.9 Å². The van der Waals surface area contributed by atoms with E-state index in [1.165, 1.54) is 6.07 Å². The molecule has 4 nitrogen and oxygen atoms in total. The van der Waals surface area contributed by atoms with Gasteiger partial charge < -0.3 is 14.7 Å². The van der Waals surface area contributed by atoms with Crippen LogP contribution < -0.4 is 4.90 Å². The van der Waals surface area contributed by atoms with Crippen LogP contribution in [-0.2, 0) is 4.74 Å². The Hall–Kier alpha value is -1.26. The molecule has 1 aromatic carbocycles. The van der Waals surface area contributed by atoms with Gasteiger partial charge in [0.1, 0.15) is 0 Å². The smallest absolute Gasteiger partial charge is 0.337 e. The van der Waals surface area contributed by atoms with Gasteiger partial charge in [-0.2, -0.15) is 0 Å². The van der Waals surface area contributed by atoms with Gasteiger partial charge in [-0.15, -0.1) is 0 Å². The molecule has 1 rings (SSSR count). The van der Waals surface area contributed by atoms with E-state index in [4.69, 9.17) is 21.4 Å². The Morgan fingerprint density at radius 3 is 2.72 bits per heavy atom. The molecule has 0 atom stereocenters. The molecule has 0 aliphatic carbocycles. The molecule has 5 heteroatoms. The highest BCUT2D eigenvalue weighted by molar-refractivity contribution is 6.31. The second-order valence-electron chi connectivity index (χ2n) is 4.31. The van der Waals surface area contributed by atoms with Crippen molar-refractivity contribution in [2.75, 3.05) is 25.1 Å². The molecule has 0 fully saturated rings. The predicted octanol–water partition coefficient (Wildman–Crippen LogP) is 2.90. The van der Waals surface area contributed by atoms with Crippen LogP contribution in [0.1, 0.15) is 24.2 Å². The van der Waals surface area contributed by atoms with Crippen LogP contribution in [0.5, 0.6) is 0 Å². The maximum atomic E-state index is 11.1. The molecular formula is C13H18ClNO3. The van der Waals surface area contributed by atoms with E-state index in [1.807, 2.05) is 25.8 Å². The van der Waals surface area contributed by atoms with Crippen molar-refractivity contribution in [3.63, 3.8) is 0 Å². The summed E-state index contributed by atoms with van der Waals surface area (Å²) in [6.45, 7) is 5.07. The lowest BCUT2D eigenvalue weighted by atomic mass is 10.1. The second kappa shape index (κ2) is 6.61. The third-order valence-corrected chi connectivity index (χ3v) is 2.71. The van der Waals surface area contributed by atoms with E-state index in [1.54, 1.807) is 12.1 Å². The fraction of sp³-hybridized carbons (Fsp3) is 0.462. The molecule has 18 heavy (non-hydrogen) atoms. The highest BCUT2D eigenvalue weighted by Gasteiger charge is 2.13. The largest absolute Gasteiger partial charge is 0.478 e. The zero-order chi connectivity index (χ0) is 13.7. The molecule has 0 aliphatic heterocycles. The molecule has 0 aliphatic rings. The fourth-order valence-corrected chi connectivity index (χ4v) is 1.71. The predicted molar refractivity (Wildman–Crippen MR) is 72.8 cm³/mol. The normalized spacial score (nSPS) is 10.7. The molecular weight excluding hydrogens is 254 g/mol. The number of carboxylic acid groups (broad SMARTS) is 1. The van der Waals surface area contributed by atoms with Gasteiger partial charge in [-0.05, 0) is 32.0 Å². The summed E-state index contributed by atoms with van der Waals surface area (Å²) in [5, 5.41) is 9.64. The minimum Gasteiger partial charge on any atom is -0.478 e. The Morgan fingerprint density at radius 2 is 2.17 bits per heavy atom. The maximum Gasteiger partial charge on any atom is 0.337 e. The van der Waals surface area contributed by atoms with Crippen molar-refractivity contribution in [1.82, 2.24) is 0 Å². The average molecular weight is 272 g/mol. The van der Waals surface area contributed by atoms with E-state index in [2.05, 4.69) is 0 Å². The molecule has 0 aromatic heterocycles. The van der Waals surface area contributed by atoms with Crippen LogP contribution in [0, 0.1) is 0 Å². The summed E-state index contributed by atoms with van der Waals surface area (Å²) in [5.74, 6) is -0.960. The number of carboxylic acids is 1. The Balaban J connectivity index is 2.80. The van der Waals surface area contributed by atoms with Crippen molar-refractivity contribution < 1.29 is 14.6 Å². The summed E-state index contributed by atoms with van der Waals surface area (Å²) < 4.78 is 5.44. The van der Waals surface area contributed by atoms with Gasteiger partial charge in [0.2, 0.25) is 0 Å². The first-order chi connectivity index (χ1) is 8.41. The Morgan fingerprint density at radius 1 is 1.50 bits per heavy atom. The van der Waals surface area contributed by atoms with Crippen molar-refractivity contribution in [3.05, 3.63) is 28.8 Å². The summed E-state index contributed by atoms with van der Waals surface area (Å²) in [6, 6.07) is 4.74. The molecule has 0 spiro atoms. The molecule has 0 unspecified atom stereocenters. The molecule has 1 N–H and O–H groups in total. The molecule has 0 radical (unpaired) electrons. The van der Waals surface area contributed by atoms with Crippen LogP contribution in [0.3, 0.4) is 0 Å². The summed E-state index contributed by atoms with van der Waals surface area (Å²) in [6.07, 6.45) is 0.164. The number of hydrogen-bond donors (Lipinski definition) is 1. The van der Waals surface area contributed by atoms with Gasteiger partial charge in [0.05, 0.1) is 24.0 Å². The van der Waals surface area contributed by atoms with Gasteiger partial charge >= 0.3 is 5.97 Å². The number of carbonyl (C=O) groups is 1. The van der Waals surface area contributed by atoms with Gasteiger partial charge in [0, 0.05) is 18.6 Å². The lowest BCUT2D eigenvalue weighted by molar-refractivity contribution is 0.0696. The van der Waals surface area contributed by atoms with Crippen LogP contribution in [-0.4, -0.2) is 37.4 Å². The molecule has 100 valence electrons. The van der Waals surface area contributed by atoms with Gasteiger partial charge in [0.25, 0.3) is 0 Å². The average Bonchev–Trinajstić information content (AvgIpc) is 2.27. The van der Waals surface area contributed by atoms with Gasteiger partial charge in [0.15, 0.2) is 0 Å². The minimum atomic E-state index is -0.960. The highest BCUT2D eigenvalue weighted by atomic mass is 35.5. The third-order valence-electron chi connectivity index (χ3n) is 2.48.